The van der Waals surface area contributed by atoms with E-state index >= 15 is 0 Å². The molecule has 2 rings (SSSR count). The summed E-state index contributed by atoms with van der Waals surface area (Å²) in [7, 11) is 3.16. The number of nitrogens with one attached hydrogen (secondary N) is 1. The maximum atomic E-state index is 12.2. The number of benzene rings is 2. The summed E-state index contributed by atoms with van der Waals surface area (Å²) in [6, 6.07) is 12.6. The summed E-state index contributed by atoms with van der Waals surface area (Å²) in [5, 5.41) is 2.91. The van der Waals surface area contributed by atoms with Crippen LogP contribution in [0.5, 0.6) is 11.5 Å². The molecule has 1 atom stereocenters. The number of methoxy groups -OCH3 is 2. The molecule has 26 heavy (non-hydrogen) atoms. The fourth-order valence-corrected chi connectivity index (χ4v) is 2.68. The molecule has 0 aliphatic heterocycles. The summed E-state index contributed by atoms with van der Waals surface area (Å²) in [5.41, 5.74) is 2.58. The number of amides is 1. The lowest BCUT2D eigenvalue weighted by Gasteiger charge is -2.18. The molecule has 1 N–H and O–H groups in total. The van der Waals surface area contributed by atoms with Crippen LogP contribution < -0.4 is 14.8 Å². The zero-order chi connectivity index (χ0) is 19.1. The van der Waals surface area contributed by atoms with Gasteiger partial charge in [0.15, 0.2) is 5.78 Å². The summed E-state index contributed by atoms with van der Waals surface area (Å²) >= 11 is 0. The van der Waals surface area contributed by atoms with E-state index in [-0.39, 0.29) is 30.6 Å². The predicted molar refractivity (Wildman–Crippen MR) is 101 cm³/mol. The van der Waals surface area contributed by atoms with Crippen LogP contribution >= 0.6 is 0 Å². The highest BCUT2D eigenvalue weighted by molar-refractivity contribution is 5.98. The Kier molecular flexibility index (Phi) is 6.78. The Morgan fingerprint density at radius 1 is 1.00 bits per heavy atom. The molecule has 2 aromatic carbocycles. The van der Waals surface area contributed by atoms with Gasteiger partial charge in [0.25, 0.3) is 0 Å². The molecule has 138 valence electrons. The van der Waals surface area contributed by atoms with E-state index in [9.17, 15) is 9.59 Å². The van der Waals surface area contributed by atoms with Gasteiger partial charge in [-0.15, -0.1) is 0 Å². The average Bonchev–Trinajstić information content (AvgIpc) is 2.65. The minimum atomic E-state index is -0.238. The maximum Gasteiger partial charge on any atom is 0.220 e. The maximum absolute atomic E-state index is 12.2. The van der Waals surface area contributed by atoms with E-state index in [4.69, 9.17) is 9.47 Å². The molecular weight excluding hydrogens is 330 g/mol. The quantitative estimate of drug-likeness (QED) is 0.731. The second kappa shape index (κ2) is 9.04. The third-order valence-corrected chi connectivity index (χ3v) is 4.24. The number of carbonyl (C=O) groups excluding carboxylic acids is 2. The fourth-order valence-electron chi connectivity index (χ4n) is 2.68. The topological polar surface area (TPSA) is 64.6 Å². The van der Waals surface area contributed by atoms with Crippen LogP contribution in [-0.2, 0) is 4.79 Å². The number of ether oxygens (including phenoxy) is 2. The van der Waals surface area contributed by atoms with Gasteiger partial charge >= 0.3 is 0 Å². The van der Waals surface area contributed by atoms with Crippen LogP contribution in [0.15, 0.2) is 42.5 Å². The number of hydrogen-bond donors (Lipinski definition) is 1. The minimum Gasteiger partial charge on any atom is -0.497 e. The average molecular weight is 355 g/mol. The molecular formula is C21H25NO4. The highest BCUT2D eigenvalue weighted by Crippen LogP contribution is 2.29. The van der Waals surface area contributed by atoms with Gasteiger partial charge < -0.3 is 14.8 Å². The number of rotatable bonds is 8. The van der Waals surface area contributed by atoms with Gasteiger partial charge in [-0.1, -0.05) is 29.8 Å². The van der Waals surface area contributed by atoms with E-state index < -0.39 is 0 Å². The summed E-state index contributed by atoms with van der Waals surface area (Å²) in [6.45, 7) is 3.85. The van der Waals surface area contributed by atoms with E-state index in [1.165, 1.54) is 0 Å². The first-order chi connectivity index (χ1) is 12.4. The van der Waals surface area contributed by atoms with Crippen LogP contribution in [0.1, 0.15) is 47.3 Å². The van der Waals surface area contributed by atoms with Crippen molar-refractivity contribution in [3.8, 4) is 11.5 Å². The Hall–Kier alpha value is -2.82. The lowest BCUT2D eigenvalue weighted by atomic mass is 10.0. The molecule has 0 aliphatic carbocycles. The number of carbonyl (C=O) groups is 2. The van der Waals surface area contributed by atoms with E-state index in [0.29, 0.717) is 17.1 Å². The van der Waals surface area contributed by atoms with Gasteiger partial charge in [0.2, 0.25) is 5.91 Å². The third kappa shape index (κ3) is 5.09. The van der Waals surface area contributed by atoms with Gasteiger partial charge in [0.1, 0.15) is 11.5 Å². The third-order valence-electron chi connectivity index (χ3n) is 4.24. The van der Waals surface area contributed by atoms with Crippen LogP contribution in [0.4, 0.5) is 0 Å². The Bertz CT molecular complexity index is 768. The van der Waals surface area contributed by atoms with Crippen molar-refractivity contribution in [2.45, 2.75) is 32.7 Å². The molecule has 0 saturated heterocycles. The van der Waals surface area contributed by atoms with Crippen molar-refractivity contribution < 1.29 is 19.1 Å². The molecule has 1 amide bonds. The summed E-state index contributed by atoms with van der Waals surface area (Å²) in [5.74, 6) is 1.13. The van der Waals surface area contributed by atoms with E-state index in [2.05, 4.69) is 5.32 Å². The van der Waals surface area contributed by atoms with Crippen molar-refractivity contribution in [2.75, 3.05) is 14.2 Å². The molecule has 2 aromatic rings. The Balaban J connectivity index is 1.93. The van der Waals surface area contributed by atoms with E-state index in [1.807, 2.05) is 38.1 Å². The Morgan fingerprint density at radius 2 is 1.69 bits per heavy atom. The molecule has 0 aromatic heterocycles. The zero-order valence-electron chi connectivity index (χ0n) is 15.7. The van der Waals surface area contributed by atoms with E-state index in [1.54, 1.807) is 32.4 Å². The fraction of sp³-hybridized carbons (Fsp3) is 0.333. The van der Waals surface area contributed by atoms with Crippen molar-refractivity contribution >= 4 is 11.7 Å². The zero-order valence-corrected chi connectivity index (χ0v) is 15.7. The first-order valence-electron chi connectivity index (χ1n) is 8.55. The standard InChI is InChI=1S/C21H25NO4/c1-14-5-7-16(8-6-14)19(23)11-12-21(24)22-15(2)18-10-9-17(25-3)13-20(18)26-4/h5-10,13,15H,11-12H2,1-4H3,(H,22,24). The molecule has 0 fully saturated rings. The van der Waals surface area contributed by atoms with Crippen LogP contribution in [-0.4, -0.2) is 25.9 Å². The van der Waals surface area contributed by atoms with Crippen molar-refractivity contribution in [1.29, 1.82) is 0 Å². The smallest absolute Gasteiger partial charge is 0.220 e. The molecule has 1 unspecified atom stereocenters. The second-order valence-electron chi connectivity index (χ2n) is 6.19. The molecule has 0 radical (unpaired) electrons. The summed E-state index contributed by atoms with van der Waals surface area (Å²) in [6.07, 6.45) is 0.330. The SMILES string of the molecule is COc1ccc(C(C)NC(=O)CCC(=O)c2ccc(C)cc2)c(OC)c1. The molecule has 0 spiro atoms. The number of ketones is 1. The minimum absolute atomic E-state index is 0.0326. The van der Waals surface area contributed by atoms with Crippen LogP contribution in [0.3, 0.4) is 0 Å². The monoisotopic (exact) mass is 355 g/mol. The molecule has 5 heteroatoms. The van der Waals surface area contributed by atoms with E-state index in [0.717, 1.165) is 11.1 Å². The van der Waals surface area contributed by atoms with Gasteiger partial charge in [-0.25, -0.2) is 0 Å². The first kappa shape index (κ1) is 19.5. The molecule has 0 aliphatic rings. The largest absolute Gasteiger partial charge is 0.497 e. The van der Waals surface area contributed by atoms with Gasteiger partial charge in [0.05, 0.1) is 20.3 Å². The van der Waals surface area contributed by atoms with Crippen molar-refractivity contribution in [3.05, 3.63) is 59.2 Å². The predicted octanol–water partition coefficient (Wildman–Crippen LogP) is 3.85. The summed E-state index contributed by atoms with van der Waals surface area (Å²) in [4.78, 5) is 24.4. The lowest BCUT2D eigenvalue weighted by molar-refractivity contribution is -0.121. The highest BCUT2D eigenvalue weighted by atomic mass is 16.5. The highest BCUT2D eigenvalue weighted by Gasteiger charge is 2.16. The number of Topliss-reactive ketones (excluding diaryl/α,β-unsaturated/α-hetero) is 1. The summed E-state index contributed by atoms with van der Waals surface area (Å²) < 4.78 is 10.6. The Labute approximate surface area is 154 Å². The molecule has 0 heterocycles. The van der Waals surface area contributed by atoms with Gasteiger partial charge in [-0.2, -0.15) is 0 Å². The second-order valence-corrected chi connectivity index (χ2v) is 6.19. The normalized spacial score (nSPS) is 11.5. The first-order valence-corrected chi connectivity index (χ1v) is 8.55. The van der Waals surface area contributed by atoms with Crippen LogP contribution in [0, 0.1) is 6.92 Å². The molecule has 0 bridgehead atoms. The van der Waals surface area contributed by atoms with Crippen molar-refractivity contribution in [3.63, 3.8) is 0 Å². The molecule has 5 nitrogen and oxygen atoms in total. The number of aryl methyl sites for hydroxylation is 1. The van der Waals surface area contributed by atoms with Crippen LogP contribution in [0.25, 0.3) is 0 Å². The molecule has 0 saturated carbocycles. The lowest BCUT2D eigenvalue weighted by Crippen LogP contribution is -2.27. The number of hydrogen-bond acceptors (Lipinski definition) is 4. The van der Waals surface area contributed by atoms with Gasteiger partial charge in [-0.3, -0.25) is 9.59 Å². The van der Waals surface area contributed by atoms with Crippen molar-refractivity contribution in [2.24, 2.45) is 0 Å². The van der Waals surface area contributed by atoms with Gasteiger partial charge in [0, 0.05) is 30.0 Å². The van der Waals surface area contributed by atoms with Gasteiger partial charge in [-0.05, 0) is 26.0 Å². The van der Waals surface area contributed by atoms with Crippen LogP contribution in [0.2, 0.25) is 0 Å². The Morgan fingerprint density at radius 3 is 2.31 bits per heavy atom. The van der Waals surface area contributed by atoms with Crippen molar-refractivity contribution in [1.82, 2.24) is 5.32 Å².